The number of likely N-dealkylation sites (tertiary alicyclic amines) is 1. The monoisotopic (exact) mass is 470 g/mol. The van der Waals surface area contributed by atoms with Crippen molar-refractivity contribution in [1.29, 1.82) is 0 Å². The van der Waals surface area contributed by atoms with Crippen molar-refractivity contribution in [3.05, 3.63) is 52.8 Å². The fraction of sp³-hybridized carbons (Fsp3) is 0.630. The molecule has 3 heterocycles. The second-order valence-electron chi connectivity index (χ2n) is 11.9. The van der Waals surface area contributed by atoms with Gasteiger partial charge in [-0.2, -0.15) is 5.10 Å². The highest BCUT2D eigenvalue weighted by Crippen LogP contribution is 2.41. The van der Waals surface area contributed by atoms with E-state index in [0.717, 1.165) is 48.6 Å². The van der Waals surface area contributed by atoms with Crippen LogP contribution in [0.3, 0.4) is 0 Å². The molecule has 0 radical (unpaired) electrons. The minimum atomic E-state index is -0.193. The zero-order valence-electron chi connectivity index (χ0n) is 20.9. The molecule has 3 atom stereocenters. The van der Waals surface area contributed by atoms with E-state index in [2.05, 4.69) is 76.2 Å². The van der Waals surface area contributed by atoms with E-state index < -0.39 is 0 Å². The van der Waals surface area contributed by atoms with Crippen LogP contribution in [0.1, 0.15) is 84.0 Å². The van der Waals surface area contributed by atoms with Crippen molar-refractivity contribution in [2.24, 2.45) is 11.3 Å². The first-order valence-corrected chi connectivity index (χ1v) is 12.7. The molecule has 2 aliphatic rings. The molecule has 0 unspecified atom stereocenters. The Labute approximate surface area is 203 Å². The molecule has 2 aromatic rings. The summed E-state index contributed by atoms with van der Waals surface area (Å²) in [5.74, 6) is 1.05. The number of amides is 1. The van der Waals surface area contributed by atoms with Crippen LogP contribution in [0, 0.1) is 11.3 Å². The summed E-state index contributed by atoms with van der Waals surface area (Å²) in [5, 5.41) is 9.33. The molecule has 5 nitrogen and oxygen atoms in total. The Bertz CT molecular complexity index is 961. The van der Waals surface area contributed by atoms with Crippen LogP contribution in [0.2, 0.25) is 5.02 Å². The Morgan fingerprint density at radius 3 is 2.21 bits per heavy atom. The summed E-state index contributed by atoms with van der Waals surface area (Å²) in [4.78, 5) is 15.6. The highest BCUT2D eigenvalue weighted by molar-refractivity contribution is 6.30. The number of carbonyl (C=O) groups is 1. The van der Waals surface area contributed by atoms with E-state index in [1.807, 2.05) is 16.8 Å². The summed E-state index contributed by atoms with van der Waals surface area (Å²) in [6.07, 6.45) is 4.98. The number of aromatic nitrogens is 2. The first-order valence-electron chi connectivity index (χ1n) is 12.3. The van der Waals surface area contributed by atoms with Crippen LogP contribution in [0.5, 0.6) is 0 Å². The predicted octanol–water partition coefficient (Wildman–Crippen LogP) is 5.76. The first-order chi connectivity index (χ1) is 15.4. The molecule has 0 bridgehead atoms. The number of hydrogen-bond donors (Lipinski definition) is 1. The van der Waals surface area contributed by atoms with Gasteiger partial charge in [0.15, 0.2) is 0 Å². The molecule has 0 aliphatic carbocycles. The summed E-state index contributed by atoms with van der Waals surface area (Å²) in [5.41, 5.74) is 2.42. The smallest absolute Gasteiger partial charge is 0.239 e. The van der Waals surface area contributed by atoms with Gasteiger partial charge in [0.25, 0.3) is 0 Å². The van der Waals surface area contributed by atoms with Crippen molar-refractivity contribution in [1.82, 2.24) is 20.0 Å². The number of hydrogen-bond acceptors (Lipinski definition) is 3. The molecule has 2 fully saturated rings. The van der Waals surface area contributed by atoms with Gasteiger partial charge in [-0.15, -0.1) is 0 Å². The summed E-state index contributed by atoms with van der Waals surface area (Å²) in [6, 6.07) is 9.94. The summed E-state index contributed by atoms with van der Waals surface area (Å²) in [7, 11) is 0. The van der Waals surface area contributed by atoms with Crippen LogP contribution < -0.4 is 5.32 Å². The Hall–Kier alpha value is -1.85. The fourth-order valence-electron chi connectivity index (χ4n) is 5.35. The molecule has 1 amide bonds. The van der Waals surface area contributed by atoms with Crippen molar-refractivity contribution in [2.75, 3.05) is 13.1 Å². The van der Waals surface area contributed by atoms with E-state index in [1.54, 1.807) is 0 Å². The van der Waals surface area contributed by atoms with Gasteiger partial charge in [0.1, 0.15) is 0 Å². The molecule has 2 saturated heterocycles. The average molecular weight is 471 g/mol. The Morgan fingerprint density at radius 1 is 1.03 bits per heavy atom. The van der Waals surface area contributed by atoms with E-state index in [1.165, 1.54) is 0 Å². The quantitative estimate of drug-likeness (QED) is 0.620. The molecule has 0 spiro atoms. The van der Waals surface area contributed by atoms with Gasteiger partial charge >= 0.3 is 0 Å². The second-order valence-corrected chi connectivity index (χ2v) is 12.3. The van der Waals surface area contributed by atoms with E-state index in [9.17, 15) is 4.79 Å². The third-order valence-corrected chi connectivity index (χ3v) is 7.76. The van der Waals surface area contributed by atoms with Gasteiger partial charge in [-0.1, -0.05) is 44.5 Å². The maximum Gasteiger partial charge on any atom is 0.239 e. The lowest BCUT2D eigenvalue weighted by Gasteiger charge is -2.39. The van der Waals surface area contributed by atoms with Crippen LogP contribution >= 0.6 is 11.6 Å². The van der Waals surface area contributed by atoms with E-state index >= 15 is 0 Å². The van der Waals surface area contributed by atoms with Crippen LogP contribution in [0.4, 0.5) is 0 Å². The Kier molecular flexibility index (Phi) is 6.67. The van der Waals surface area contributed by atoms with Gasteiger partial charge in [0.2, 0.25) is 5.91 Å². The standard InChI is InChI=1S/C27H39ClN4O/c1-26(2,3)19-11-14-31(15-12-19)25(33)23-17-21(22-13-16-32(30-22)27(4,5)6)24(29-23)18-7-9-20(28)10-8-18/h7-10,13,16,19,21,23-24,29H,11-12,14-15,17H2,1-6H3/t21-,23-,24-/m0/s1. The van der Waals surface area contributed by atoms with Crippen LogP contribution in [-0.2, 0) is 10.3 Å². The number of benzene rings is 1. The molecule has 180 valence electrons. The number of carbonyl (C=O) groups excluding carboxylic acids is 1. The molecular formula is C27H39ClN4O. The van der Waals surface area contributed by atoms with Crippen molar-refractivity contribution < 1.29 is 4.79 Å². The molecule has 6 heteroatoms. The maximum atomic E-state index is 13.5. The highest BCUT2D eigenvalue weighted by Gasteiger charge is 2.42. The van der Waals surface area contributed by atoms with Crippen molar-refractivity contribution >= 4 is 17.5 Å². The largest absolute Gasteiger partial charge is 0.341 e. The Morgan fingerprint density at radius 2 is 1.67 bits per heavy atom. The molecule has 1 N–H and O–H groups in total. The molecule has 1 aromatic heterocycles. The van der Waals surface area contributed by atoms with Gasteiger partial charge in [-0.05, 0) is 75.1 Å². The second kappa shape index (κ2) is 9.07. The zero-order chi connectivity index (χ0) is 24.0. The zero-order valence-corrected chi connectivity index (χ0v) is 21.7. The lowest BCUT2D eigenvalue weighted by atomic mass is 9.75. The van der Waals surface area contributed by atoms with Crippen LogP contribution in [0.15, 0.2) is 36.5 Å². The first kappa shape index (κ1) is 24.3. The summed E-state index contributed by atoms with van der Waals surface area (Å²) >= 11 is 6.15. The van der Waals surface area contributed by atoms with E-state index in [0.29, 0.717) is 11.3 Å². The third kappa shape index (κ3) is 5.30. The number of piperidine rings is 1. The Balaban J connectivity index is 1.54. The van der Waals surface area contributed by atoms with Crippen LogP contribution in [0.25, 0.3) is 0 Å². The summed E-state index contributed by atoms with van der Waals surface area (Å²) < 4.78 is 2.02. The molecule has 1 aromatic carbocycles. The maximum absolute atomic E-state index is 13.5. The van der Waals surface area contributed by atoms with E-state index in [4.69, 9.17) is 16.7 Å². The lowest BCUT2D eigenvalue weighted by Crippen LogP contribution is -2.48. The molecular weight excluding hydrogens is 432 g/mol. The molecule has 4 rings (SSSR count). The molecule has 33 heavy (non-hydrogen) atoms. The van der Waals surface area contributed by atoms with Crippen LogP contribution in [-0.4, -0.2) is 39.7 Å². The van der Waals surface area contributed by atoms with Crippen molar-refractivity contribution in [3.63, 3.8) is 0 Å². The third-order valence-electron chi connectivity index (χ3n) is 7.51. The van der Waals surface area contributed by atoms with Gasteiger partial charge in [-0.25, -0.2) is 0 Å². The van der Waals surface area contributed by atoms with Gasteiger partial charge in [-0.3, -0.25) is 14.8 Å². The van der Waals surface area contributed by atoms with Gasteiger partial charge < -0.3 is 4.90 Å². The summed E-state index contributed by atoms with van der Waals surface area (Å²) in [6.45, 7) is 15.1. The van der Waals surface area contributed by atoms with Crippen molar-refractivity contribution in [3.8, 4) is 0 Å². The highest BCUT2D eigenvalue weighted by atomic mass is 35.5. The number of nitrogens with zero attached hydrogens (tertiary/aromatic N) is 3. The number of halogens is 1. The normalized spacial score (nSPS) is 24.9. The minimum Gasteiger partial charge on any atom is -0.341 e. The fourth-order valence-corrected chi connectivity index (χ4v) is 5.47. The van der Waals surface area contributed by atoms with Crippen molar-refractivity contribution in [2.45, 2.75) is 84.3 Å². The number of rotatable bonds is 3. The molecule has 2 aliphatic heterocycles. The van der Waals surface area contributed by atoms with Gasteiger partial charge in [0, 0.05) is 36.3 Å². The van der Waals surface area contributed by atoms with E-state index in [-0.39, 0.29) is 29.4 Å². The number of nitrogens with one attached hydrogen (secondary N) is 1. The minimum absolute atomic E-state index is 0.0339. The SMILES string of the molecule is CC(C)(C)C1CCN(C(=O)[C@@H]2C[C@@H](c3ccn(C(C)(C)C)n3)[C@H](c3ccc(Cl)cc3)N2)CC1. The predicted molar refractivity (Wildman–Crippen MR) is 134 cm³/mol. The van der Waals surface area contributed by atoms with Gasteiger partial charge in [0.05, 0.1) is 17.3 Å². The topological polar surface area (TPSA) is 50.2 Å². The molecule has 0 saturated carbocycles. The average Bonchev–Trinajstić information content (AvgIpc) is 3.40. The lowest BCUT2D eigenvalue weighted by molar-refractivity contribution is -0.135.